The van der Waals surface area contributed by atoms with Gasteiger partial charge in [0, 0.05) is 12.0 Å². The molecule has 2 aromatic rings. The summed E-state index contributed by atoms with van der Waals surface area (Å²) in [5, 5.41) is 0. The second-order valence-corrected chi connectivity index (χ2v) is 3.99. The first kappa shape index (κ1) is 12.4. The van der Waals surface area contributed by atoms with Gasteiger partial charge in [0.25, 0.3) is 0 Å². The van der Waals surface area contributed by atoms with E-state index >= 15 is 0 Å². The number of ketones is 1. The lowest BCUT2D eigenvalue weighted by molar-refractivity contribution is 0.102. The van der Waals surface area contributed by atoms with Crippen LogP contribution >= 0.6 is 0 Å². The van der Waals surface area contributed by atoms with Crippen molar-refractivity contribution < 1.29 is 9.53 Å². The Morgan fingerprint density at radius 3 is 2.33 bits per heavy atom. The van der Waals surface area contributed by atoms with E-state index in [0.717, 1.165) is 16.9 Å². The summed E-state index contributed by atoms with van der Waals surface area (Å²) in [7, 11) is 1.64. The zero-order valence-electron chi connectivity index (χ0n) is 10.3. The van der Waals surface area contributed by atoms with E-state index in [4.69, 9.17) is 4.74 Å². The molecular formula is C16H15O2. The van der Waals surface area contributed by atoms with Crippen LogP contribution in [-0.4, -0.2) is 12.9 Å². The highest BCUT2D eigenvalue weighted by atomic mass is 16.5. The van der Waals surface area contributed by atoms with E-state index in [1.807, 2.05) is 54.6 Å². The van der Waals surface area contributed by atoms with E-state index in [2.05, 4.69) is 0 Å². The second-order valence-electron chi connectivity index (χ2n) is 3.99. The van der Waals surface area contributed by atoms with Gasteiger partial charge in [-0.25, -0.2) is 0 Å². The molecule has 0 aliphatic heterocycles. The summed E-state index contributed by atoms with van der Waals surface area (Å²) in [5.74, 6) is 0.888. The van der Waals surface area contributed by atoms with Gasteiger partial charge in [-0.15, -0.1) is 0 Å². The lowest BCUT2D eigenvalue weighted by atomic mass is 10.0. The van der Waals surface area contributed by atoms with Gasteiger partial charge < -0.3 is 4.74 Å². The molecule has 0 aliphatic carbocycles. The first-order chi connectivity index (χ1) is 8.79. The molecule has 2 heteroatoms. The van der Waals surface area contributed by atoms with Crippen LogP contribution in [0.25, 0.3) is 0 Å². The van der Waals surface area contributed by atoms with Gasteiger partial charge in [-0.2, -0.15) is 0 Å². The number of hydrogen-bond donors (Lipinski definition) is 0. The zero-order chi connectivity index (χ0) is 12.8. The van der Waals surface area contributed by atoms with E-state index < -0.39 is 0 Å². The maximum atomic E-state index is 11.9. The SMILES string of the molecule is COc1ccc(C[CH]C(=O)c2ccccc2)cc1. The molecule has 0 saturated carbocycles. The average Bonchev–Trinajstić information content (AvgIpc) is 2.46. The standard InChI is InChI=1S/C16H15O2/c1-18-15-10-7-13(8-11-15)9-12-16(17)14-5-3-2-4-6-14/h2-8,10-12H,9H2,1H3. The maximum Gasteiger partial charge on any atom is 0.167 e. The molecular weight excluding hydrogens is 224 g/mol. The zero-order valence-corrected chi connectivity index (χ0v) is 10.3. The molecule has 1 radical (unpaired) electrons. The monoisotopic (exact) mass is 239 g/mol. The van der Waals surface area contributed by atoms with Gasteiger partial charge in [-0.1, -0.05) is 42.5 Å². The van der Waals surface area contributed by atoms with Crippen molar-refractivity contribution in [3.8, 4) is 5.75 Å². The third kappa shape index (κ3) is 3.20. The third-order valence-corrected chi connectivity index (χ3v) is 2.74. The first-order valence-electron chi connectivity index (χ1n) is 5.85. The summed E-state index contributed by atoms with van der Waals surface area (Å²) in [6, 6.07) is 17.0. The predicted octanol–water partition coefficient (Wildman–Crippen LogP) is 3.32. The Labute approximate surface area is 107 Å². The van der Waals surface area contributed by atoms with Crippen molar-refractivity contribution in [1.29, 1.82) is 0 Å². The molecule has 0 aliphatic rings. The van der Waals surface area contributed by atoms with Crippen molar-refractivity contribution >= 4 is 5.78 Å². The summed E-state index contributed by atoms with van der Waals surface area (Å²) in [6.07, 6.45) is 2.34. The Morgan fingerprint density at radius 1 is 1.06 bits per heavy atom. The molecule has 0 aromatic heterocycles. The molecule has 0 heterocycles. The number of benzene rings is 2. The molecule has 0 unspecified atom stereocenters. The fourth-order valence-corrected chi connectivity index (χ4v) is 1.69. The van der Waals surface area contributed by atoms with Crippen molar-refractivity contribution in [2.24, 2.45) is 0 Å². The number of ether oxygens (including phenoxy) is 1. The largest absolute Gasteiger partial charge is 0.497 e. The van der Waals surface area contributed by atoms with Crippen LogP contribution in [0, 0.1) is 6.42 Å². The molecule has 0 fully saturated rings. The lowest BCUT2D eigenvalue weighted by Gasteiger charge is -2.03. The normalized spacial score (nSPS) is 10.1. The minimum Gasteiger partial charge on any atom is -0.497 e. The van der Waals surface area contributed by atoms with Crippen molar-refractivity contribution in [2.75, 3.05) is 7.11 Å². The first-order valence-corrected chi connectivity index (χ1v) is 5.85. The highest BCUT2D eigenvalue weighted by molar-refractivity contribution is 6.02. The van der Waals surface area contributed by atoms with Crippen molar-refractivity contribution in [1.82, 2.24) is 0 Å². The fourth-order valence-electron chi connectivity index (χ4n) is 1.69. The van der Waals surface area contributed by atoms with Gasteiger partial charge in [-0.05, 0) is 24.1 Å². The van der Waals surface area contributed by atoms with Crippen LogP contribution in [0.3, 0.4) is 0 Å². The highest BCUT2D eigenvalue weighted by Crippen LogP contribution is 2.13. The molecule has 0 N–H and O–H groups in total. The predicted molar refractivity (Wildman–Crippen MR) is 71.8 cm³/mol. The van der Waals surface area contributed by atoms with Gasteiger partial charge in [0.2, 0.25) is 0 Å². The average molecular weight is 239 g/mol. The number of carbonyl (C=O) groups excluding carboxylic acids is 1. The summed E-state index contributed by atoms with van der Waals surface area (Å²) in [5.41, 5.74) is 1.83. The van der Waals surface area contributed by atoms with Crippen LogP contribution in [0.2, 0.25) is 0 Å². The molecule has 0 bridgehead atoms. The van der Waals surface area contributed by atoms with E-state index in [1.54, 1.807) is 13.5 Å². The maximum absolute atomic E-state index is 11.9. The smallest absolute Gasteiger partial charge is 0.167 e. The van der Waals surface area contributed by atoms with Crippen LogP contribution in [-0.2, 0) is 6.42 Å². The molecule has 2 rings (SSSR count). The number of hydrogen-bond acceptors (Lipinski definition) is 2. The molecule has 2 nitrogen and oxygen atoms in total. The van der Waals surface area contributed by atoms with E-state index in [1.165, 1.54) is 0 Å². The molecule has 2 aromatic carbocycles. The van der Waals surface area contributed by atoms with Crippen molar-refractivity contribution in [2.45, 2.75) is 6.42 Å². The number of carbonyl (C=O) groups is 1. The quantitative estimate of drug-likeness (QED) is 0.748. The van der Waals surface area contributed by atoms with Crippen LogP contribution in [0.15, 0.2) is 54.6 Å². The van der Waals surface area contributed by atoms with Crippen LogP contribution in [0.1, 0.15) is 15.9 Å². The van der Waals surface area contributed by atoms with Gasteiger partial charge in [0.05, 0.1) is 7.11 Å². The molecule has 0 saturated heterocycles. The molecule has 91 valence electrons. The summed E-state index contributed by atoms with van der Waals surface area (Å²) < 4.78 is 5.09. The van der Waals surface area contributed by atoms with Crippen LogP contribution in [0.5, 0.6) is 5.75 Å². The Kier molecular flexibility index (Phi) is 4.13. The summed E-state index contributed by atoms with van der Waals surface area (Å²) in [4.78, 5) is 11.9. The van der Waals surface area contributed by atoms with Crippen LogP contribution < -0.4 is 4.74 Å². The van der Waals surface area contributed by atoms with Gasteiger partial charge >= 0.3 is 0 Å². The highest BCUT2D eigenvalue weighted by Gasteiger charge is 2.05. The Morgan fingerprint density at radius 2 is 1.72 bits per heavy atom. The topological polar surface area (TPSA) is 26.3 Å². The second kappa shape index (κ2) is 6.01. The number of Topliss-reactive ketones (excluding diaryl/α,β-unsaturated/α-hetero) is 1. The van der Waals surface area contributed by atoms with Gasteiger partial charge in [0.1, 0.15) is 5.75 Å². The van der Waals surface area contributed by atoms with Crippen LogP contribution in [0.4, 0.5) is 0 Å². The van der Waals surface area contributed by atoms with E-state index in [9.17, 15) is 4.79 Å². The third-order valence-electron chi connectivity index (χ3n) is 2.74. The molecule has 0 amide bonds. The Bertz CT molecular complexity index is 500. The van der Waals surface area contributed by atoms with Gasteiger partial charge in [0.15, 0.2) is 5.78 Å². The number of rotatable bonds is 5. The summed E-state index contributed by atoms with van der Waals surface area (Å²) in [6.45, 7) is 0. The van der Waals surface area contributed by atoms with Crippen molar-refractivity contribution in [3.05, 3.63) is 72.1 Å². The van der Waals surface area contributed by atoms with Crippen molar-refractivity contribution in [3.63, 3.8) is 0 Å². The minimum atomic E-state index is 0.0615. The van der Waals surface area contributed by atoms with Gasteiger partial charge in [-0.3, -0.25) is 4.79 Å². The molecule has 0 atom stereocenters. The molecule has 18 heavy (non-hydrogen) atoms. The van der Waals surface area contributed by atoms with E-state index in [0.29, 0.717) is 6.42 Å². The number of methoxy groups -OCH3 is 1. The lowest BCUT2D eigenvalue weighted by Crippen LogP contribution is -2.01. The summed E-state index contributed by atoms with van der Waals surface area (Å²) >= 11 is 0. The molecule has 0 spiro atoms. The Balaban J connectivity index is 1.93. The minimum absolute atomic E-state index is 0.0615. The van der Waals surface area contributed by atoms with E-state index in [-0.39, 0.29) is 5.78 Å². The Hall–Kier alpha value is -2.09. The fraction of sp³-hybridized carbons (Fsp3) is 0.125.